The van der Waals surface area contributed by atoms with Gasteiger partial charge in [-0.2, -0.15) is 0 Å². The second kappa shape index (κ2) is 6.15. The van der Waals surface area contributed by atoms with E-state index in [4.69, 9.17) is 0 Å². The molecule has 104 valence electrons. The lowest BCUT2D eigenvalue weighted by Gasteiger charge is -2.24. The van der Waals surface area contributed by atoms with Crippen molar-refractivity contribution >= 4 is 16.7 Å². The van der Waals surface area contributed by atoms with E-state index in [2.05, 4.69) is 10.6 Å². The van der Waals surface area contributed by atoms with Crippen molar-refractivity contribution in [2.75, 3.05) is 12.0 Å². The standard InChI is InChI=1S/C13H24N2O2S/c1-9(8-18(2)17)14-13(16)12-7-10-5-3-4-6-11(10)15-12/h9-12,15H,3-8H2,1-2H3,(H,14,16). The zero-order valence-corrected chi connectivity index (χ0v) is 12.1. The van der Waals surface area contributed by atoms with Gasteiger partial charge in [0.05, 0.1) is 6.04 Å². The Labute approximate surface area is 112 Å². The van der Waals surface area contributed by atoms with Crippen molar-refractivity contribution in [3.05, 3.63) is 0 Å². The van der Waals surface area contributed by atoms with E-state index < -0.39 is 10.8 Å². The molecule has 1 aliphatic heterocycles. The van der Waals surface area contributed by atoms with E-state index in [1.807, 2.05) is 6.92 Å². The molecular formula is C13H24N2O2S. The number of nitrogens with one attached hydrogen (secondary N) is 2. The molecule has 1 saturated heterocycles. The third-order valence-corrected chi connectivity index (χ3v) is 5.02. The summed E-state index contributed by atoms with van der Waals surface area (Å²) in [6.45, 7) is 1.92. The molecular weight excluding hydrogens is 248 g/mol. The topological polar surface area (TPSA) is 58.2 Å². The molecule has 1 saturated carbocycles. The van der Waals surface area contributed by atoms with Crippen molar-refractivity contribution < 1.29 is 9.00 Å². The Hall–Kier alpha value is -0.420. The predicted molar refractivity (Wildman–Crippen MR) is 73.8 cm³/mol. The summed E-state index contributed by atoms with van der Waals surface area (Å²) in [5.41, 5.74) is 0. The third kappa shape index (κ3) is 3.54. The quantitative estimate of drug-likeness (QED) is 0.795. The first-order valence-corrected chi connectivity index (χ1v) is 8.65. The van der Waals surface area contributed by atoms with Crippen LogP contribution in [0.5, 0.6) is 0 Å². The van der Waals surface area contributed by atoms with Crippen molar-refractivity contribution in [3.63, 3.8) is 0 Å². The summed E-state index contributed by atoms with van der Waals surface area (Å²) in [4.78, 5) is 12.1. The smallest absolute Gasteiger partial charge is 0.237 e. The lowest BCUT2D eigenvalue weighted by Crippen LogP contribution is -2.47. The zero-order chi connectivity index (χ0) is 13.1. The van der Waals surface area contributed by atoms with Crippen LogP contribution in [-0.4, -0.2) is 40.3 Å². The molecule has 4 nitrogen and oxygen atoms in total. The molecule has 2 aliphatic rings. The molecule has 1 heterocycles. The van der Waals surface area contributed by atoms with Gasteiger partial charge in [-0.1, -0.05) is 12.8 Å². The lowest BCUT2D eigenvalue weighted by atomic mass is 9.85. The molecule has 5 atom stereocenters. The van der Waals surface area contributed by atoms with Gasteiger partial charge in [-0.3, -0.25) is 9.00 Å². The number of carbonyl (C=O) groups excluding carboxylic acids is 1. The Morgan fingerprint density at radius 3 is 2.83 bits per heavy atom. The van der Waals surface area contributed by atoms with Crippen LogP contribution in [0.4, 0.5) is 0 Å². The first-order chi connectivity index (χ1) is 8.56. The molecule has 0 aromatic carbocycles. The highest BCUT2D eigenvalue weighted by atomic mass is 32.2. The van der Waals surface area contributed by atoms with Crippen molar-refractivity contribution in [3.8, 4) is 0 Å². The van der Waals surface area contributed by atoms with E-state index in [9.17, 15) is 9.00 Å². The predicted octanol–water partition coefficient (Wildman–Crippen LogP) is 0.790. The van der Waals surface area contributed by atoms with Gasteiger partial charge in [0.1, 0.15) is 0 Å². The second-order valence-electron chi connectivity index (χ2n) is 5.76. The van der Waals surface area contributed by atoms with Crippen molar-refractivity contribution in [1.82, 2.24) is 10.6 Å². The number of hydrogen-bond acceptors (Lipinski definition) is 3. The van der Waals surface area contributed by atoms with E-state index in [-0.39, 0.29) is 18.0 Å². The maximum Gasteiger partial charge on any atom is 0.237 e. The molecule has 5 unspecified atom stereocenters. The Bertz CT molecular complexity index is 321. The summed E-state index contributed by atoms with van der Waals surface area (Å²) in [6.07, 6.45) is 7.71. The minimum absolute atomic E-state index is 0.00670. The highest BCUT2D eigenvalue weighted by Gasteiger charge is 2.38. The van der Waals surface area contributed by atoms with Gasteiger partial charge in [-0.05, 0) is 32.1 Å². The molecule has 0 spiro atoms. The summed E-state index contributed by atoms with van der Waals surface area (Å²) in [7, 11) is -0.856. The Morgan fingerprint density at radius 1 is 1.44 bits per heavy atom. The van der Waals surface area contributed by atoms with Crippen LogP contribution in [0.3, 0.4) is 0 Å². The van der Waals surface area contributed by atoms with E-state index in [1.54, 1.807) is 6.26 Å². The molecule has 2 fully saturated rings. The van der Waals surface area contributed by atoms with Crippen LogP contribution in [-0.2, 0) is 15.6 Å². The van der Waals surface area contributed by atoms with Crippen LogP contribution >= 0.6 is 0 Å². The molecule has 18 heavy (non-hydrogen) atoms. The molecule has 1 aliphatic carbocycles. The molecule has 0 aromatic heterocycles. The summed E-state index contributed by atoms with van der Waals surface area (Å²) in [5, 5.41) is 6.43. The van der Waals surface area contributed by atoms with Crippen molar-refractivity contribution in [1.29, 1.82) is 0 Å². The first kappa shape index (κ1) is 14.0. The number of fused-ring (bicyclic) bond motifs is 1. The van der Waals surface area contributed by atoms with Gasteiger partial charge < -0.3 is 10.6 Å². The van der Waals surface area contributed by atoms with Crippen LogP contribution in [0.1, 0.15) is 39.0 Å². The summed E-state index contributed by atoms with van der Waals surface area (Å²) >= 11 is 0. The van der Waals surface area contributed by atoms with Crippen LogP contribution in [0, 0.1) is 5.92 Å². The highest BCUT2D eigenvalue weighted by Crippen LogP contribution is 2.33. The fraction of sp³-hybridized carbons (Fsp3) is 0.923. The molecule has 0 radical (unpaired) electrons. The van der Waals surface area contributed by atoms with E-state index in [0.717, 1.165) is 6.42 Å². The summed E-state index contributed by atoms with van der Waals surface area (Å²) < 4.78 is 11.1. The Morgan fingerprint density at radius 2 is 2.17 bits per heavy atom. The minimum Gasteiger partial charge on any atom is -0.351 e. The molecule has 0 aromatic rings. The molecule has 2 N–H and O–H groups in total. The fourth-order valence-electron chi connectivity index (χ4n) is 3.26. The second-order valence-corrected chi connectivity index (χ2v) is 7.24. The largest absolute Gasteiger partial charge is 0.351 e. The molecule has 0 bridgehead atoms. The van der Waals surface area contributed by atoms with Gasteiger partial charge in [0.15, 0.2) is 0 Å². The van der Waals surface area contributed by atoms with E-state index in [1.165, 1.54) is 25.7 Å². The minimum atomic E-state index is -0.856. The number of hydrogen-bond donors (Lipinski definition) is 2. The van der Waals surface area contributed by atoms with E-state index in [0.29, 0.717) is 17.7 Å². The van der Waals surface area contributed by atoms with Crippen LogP contribution in [0.2, 0.25) is 0 Å². The maximum absolute atomic E-state index is 12.1. The number of amides is 1. The lowest BCUT2D eigenvalue weighted by molar-refractivity contribution is -0.123. The number of rotatable bonds is 4. The monoisotopic (exact) mass is 272 g/mol. The van der Waals surface area contributed by atoms with Gasteiger partial charge in [0, 0.05) is 34.9 Å². The molecule has 5 heteroatoms. The average molecular weight is 272 g/mol. The SMILES string of the molecule is CC(CS(C)=O)NC(=O)C1CC2CCCCC2N1. The van der Waals surface area contributed by atoms with Crippen LogP contribution in [0.15, 0.2) is 0 Å². The van der Waals surface area contributed by atoms with Gasteiger partial charge in [0.25, 0.3) is 0 Å². The van der Waals surface area contributed by atoms with Crippen molar-refractivity contribution in [2.45, 2.75) is 57.2 Å². The molecule has 1 amide bonds. The Kier molecular flexibility index (Phi) is 4.78. The normalized spacial score (nSPS) is 34.7. The van der Waals surface area contributed by atoms with E-state index >= 15 is 0 Å². The maximum atomic E-state index is 12.1. The van der Waals surface area contributed by atoms with Crippen LogP contribution in [0.25, 0.3) is 0 Å². The van der Waals surface area contributed by atoms with Crippen molar-refractivity contribution in [2.24, 2.45) is 5.92 Å². The zero-order valence-electron chi connectivity index (χ0n) is 11.3. The molecule has 2 rings (SSSR count). The highest BCUT2D eigenvalue weighted by molar-refractivity contribution is 7.84. The van der Waals surface area contributed by atoms with Gasteiger partial charge in [-0.25, -0.2) is 0 Å². The summed E-state index contributed by atoms with van der Waals surface area (Å²) in [6, 6.07) is 0.503. The van der Waals surface area contributed by atoms with Gasteiger partial charge in [0.2, 0.25) is 5.91 Å². The number of carbonyl (C=O) groups is 1. The van der Waals surface area contributed by atoms with Crippen LogP contribution < -0.4 is 10.6 Å². The summed E-state index contributed by atoms with van der Waals surface area (Å²) in [5.74, 6) is 1.30. The van der Waals surface area contributed by atoms with Gasteiger partial charge in [-0.15, -0.1) is 0 Å². The Balaban J connectivity index is 1.81. The first-order valence-electron chi connectivity index (χ1n) is 6.92. The fourth-order valence-corrected chi connectivity index (χ4v) is 4.05. The average Bonchev–Trinajstić information content (AvgIpc) is 2.71. The van der Waals surface area contributed by atoms with Gasteiger partial charge >= 0.3 is 0 Å². The third-order valence-electron chi connectivity index (χ3n) is 4.05.